The Morgan fingerprint density at radius 2 is 2.21 bits per heavy atom. The maximum absolute atomic E-state index is 11.6. The van der Waals surface area contributed by atoms with Crippen LogP contribution in [0.25, 0.3) is 0 Å². The first kappa shape index (κ1) is 15.6. The third kappa shape index (κ3) is 4.97. The van der Waals surface area contributed by atoms with Crippen molar-refractivity contribution in [2.75, 3.05) is 18.5 Å². The van der Waals surface area contributed by atoms with Gasteiger partial charge in [0.1, 0.15) is 4.90 Å². The van der Waals surface area contributed by atoms with Gasteiger partial charge in [0.05, 0.1) is 13.0 Å². The molecule has 0 unspecified atom stereocenters. The van der Waals surface area contributed by atoms with Crippen LogP contribution in [0.3, 0.4) is 0 Å². The molecule has 1 heterocycles. The molecule has 0 radical (unpaired) electrons. The predicted octanol–water partition coefficient (Wildman–Crippen LogP) is -0.177. The lowest BCUT2D eigenvalue weighted by atomic mass is 10.4. The number of ether oxygens (including phenoxy) is 1. The maximum atomic E-state index is 11.6. The Labute approximate surface area is 112 Å². The number of carbonyl (C=O) groups is 1. The molecule has 0 aliphatic rings. The molecule has 0 fully saturated rings. The summed E-state index contributed by atoms with van der Waals surface area (Å²) in [6, 6.07) is 0. The van der Waals surface area contributed by atoms with Crippen LogP contribution in [0.4, 0.5) is 5.82 Å². The zero-order valence-electron chi connectivity index (χ0n) is 10.9. The maximum Gasteiger partial charge on any atom is 0.243 e. The number of anilines is 1. The molecule has 1 aromatic rings. The van der Waals surface area contributed by atoms with E-state index in [0.717, 1.165) is 6.42 Å². The molecule has 0 spiro atoms. The van der Waals surface area contributed by atoms with E-state index in [4.69, 9.17) is 9.88 Å². The number of aromatic nitrogens is 2. The van der Waals surface area contributed by atoms with Crippen LogP contribution in [-0.2, 0) is 26.6 Å². The topological polar surface area (TPSA) is 116 Å². The van der Waals surface area contributed by atoms with E-state index in [2.05, 4.69) is 10.4 Å². The van der Waals surface area contributed by atoms with E-state index in [1.807, 2.05) is 6.92 Å². The normalized spacial score (nSPS) is 11.5. The van der Waals surface area contributed by atoms with E-state index in [1.165, 1.54) is 17.9 Å². The summed E-state index contributed by atoms with van der Waals surface area (Å²) in [7, 11) is -2.38. The lowest BCUT2D eigenvalue weighted by molar-refractivity contribution is -0.117. The van der Waals surface area contributed by atoms with Gasteiger partial charge >= 0.3 is 0 Å². The first-order valence-corrected chi connectivity index (χ1v) is 7.33. The second-order valence-electron chi connectivity index (χ2n) is 3.97. The molecule has 0 saturated heterocycles. The Morgan fingerprint density at radius 3 is 2.79 bits per heavy atom. The summed E-state index contributed by atoms with van der Waals surface area (Å²) in [4.78, 5) is 11.4. The number of nitrogens with two attached hydrogens (primary N) is 1. The van der Waals surface area contributed by atoms with Gasteiger partial charge in [0, 0.05) is 19.9 Å². The number of rotatable bonds is 7. The zero-order chi connectivity index (χ0) is 14.5. The zero-order valence-corrected chi connectivity index (χ0v) is 11.7. The number of primary sulfonamides is 1. The summed E-state index contributed by atoms with van der Waals surface area (Å²) in [5.41, 5.74) is 0. The quantitative estimate of drug-likeness (QED) is 0.676. The fraction of sp³-hybridized carbons (Fsp3) is 0.600. The van der Waals surface area contributed by atoms with Crippen LogP contribution < -0.4 is 10.5 Å². The molecule has 0 aliphatic heterocycles. The third-order valence-corrected chi connectivity index (χ3v) is 3.09. The Bertz CT molecular complexity index is 538. The standard InChI is InChI=1S/C10H18N4O4S/c1-3-5-18-6-4-9(15)12-10-8(19(11,16)17)7-14(2)13-10/h7H,3-6H2,1-2H3,(H2,11,16,17)(H,12,13,15). The lowest BCUT2D eigenvalue weighted by Crippen LogP contribution is -2.18. The predicted molar refractivity (Wildman–Crippen MR) is 68.9 cm³/mol. The number of nitrogens with one attached hydrogen (secondary N) is 1. The van der Waals surface area contributed by atoms with Gasteiger partial charge in [-0.05, 0) is 6.42 Å². The summed E-state index contributed by atoms with van der Waals surface area (Å²) in [6.07, 6.45) is 2.23. The van der Waals surface area contributed by atoms with Crippen molar-refractivity contribution in [2.45, 2.75) is 24.7 Å². The van der Waals surface area contributed by atoms with Crippen LogP contribution in [0.5, 0.6) is 0 Å². The minimum absolute atomic E-state index is 0.0644. The van der Waals surface area contributed by atoms with Crippen molar-refractivity contribution >= 4 is 21.7 Å². The fourth-order valence-electron chi connectivity index (χ4n) is 1.37. The summed E-state index contributed by atoms with van der Waals surface area (Å²) in [6.45, 7) is 2.82. The number of hydrogen-bond acceptors (Lipinski definition) is 5. The molecule has 0 aliphatic carbocycles. The lowest BCUT2D eigenvalue weighted by Gasteiger charge is -2.04. The highest BCUT2D eigenvalue weighted by Crippen LogP contribution is 2.17. The third-order valence-electron chi connectivity index (χ3n) is 2.18. The molecule has 108 valence electrons. The molecule has 0 bridgehead atoms. The van der Waals surface area contributed by atoms with Crippen molar-refractivity contribution < 1.29 is 17.9 Å². The molecule has 9 heteroatoms. The number of amides is 1. The van der Waals surface area contributed by atoms with Crippen molar-refractivity contribution in [3.05, 3.63) is 6.20 Å². The second kappa shape index (κ2) is 6.64. The largest absolute Gasteiger partial charge is 0.381 e. The van der Waals surface area contributed by atoms with Gasteiger partial charge in [0.2, 0.25) is 15.9 Å². The molecule has 1 aromatic heterocycles. The molecule has 1 rings (SSSR count). The van der Waals surface area contributed by atoms with Gasteiger partial charge < -0.3 is 10.1 Å². The van der Waals surface area contributed by atoms with Crippen molar-refractivity contribution in [1.29, 1.82) is 0 Å². The Balaban J connectivity index is 2.64. The van der Waals surface area contributed by atoms with Gasteiger partial charge in [-0.1, -0.05) is 6.92 Å². The van der Waals surface area contributed by atoms with E-state index in [9.17, 15) is 13.2 Å². The molecule has 0 saturated carbocycles. The van der Waals surface area contributed by atoms with Crippen molar-refractivity contribution in [2.24, 2.45) is 12.2 Å². The number of carbonyl (C=O) groups excluding carboxylic acids is 1. The summed E-state index contributed by atoms with van der Waals surface area (Å²) < 4.78 is 29.0. The Kier molecular flexibility index (Phi) is 5.45. The first-order chi connectivity index (χ1) is 8.84. The number of hydrogen-bond donors (Lipinski definition) is 2. The molecule has 3 N–H and O–H groups in total. The molecule has 19 heavy (non-hydrogen) atoms. The van der Waals surface area contributed by atoms with Gasteiger partial charge in [-0.25, -0.2) is 13.6 Å². The highest BCUT2D eigenvalue weighted by molar-refractivity contribution is 7.89. The second-order valence-corrected chi connectivity index (χ2v) is 5.50. The van der Waals surface area contributed by atoms with E-state index in [-0.39, 0.29) is 29.6 Å². The molecular weight excluding hydrogens is 272 g/mol. The van der Waals surface area contributed by atoms with Crippen LogP contribution in [0.2, 0.25) is 0 Å². The highest BCUT2D eigenvalue weighted by atomic mass is 32.2. The van der Waals surface area contributed by atoms with E-state index in [1.54, 1.807) is 0 Å². The van der Waals surface area contributed by atoms with Crippen molar-refractivity contribution in [3.63, 3.8) is 0 Å². The van der Waals surface area contributed by atoms with Crippen LogP contribution in [0.15, 0.2) is 11.1 Å². The van der Waals surface area contributed by atoms with Gasteiger partial charge in [-0.15, -0.1) is 0 Å². The number of sulfonamides is 1. The summed E-state index contributed by atoms with van der Waals surface area (Å²) >= 11 is 0. The number of aryl methyl sites for hydroxylation is 1. The number of nitrogens with zero attached hydrogens (tertiary/aromatic N) is 2. The van der Waals surface area contributed by atoms with Gasteiger partial charge in [-0.2, -0.15) is 5.10 Å². The molecule has 8 nitrogen and oxygen atoms in total. The van der Waals surface area contributed by atoms with Gasteiger partial charge in [-0.3, -0.25) is 9.48 Å². The van der Waals surface area contributed by atoms with E-state index >= 15 is 0 Å². The van der Waals surface area contributed by atoms with Crippen LogP contribution in [-0.4, -0.2) is 37.3 Å². The van der Waals surface area contributed by atoms with Gasteiger partial charge in [0.25, 0.3) is 0 Å². The van der Waals surface area contributed by atoms with E-state index in [0.29, 0.717) is 6.61 Å². The Hall–Kier alpha value is -1.45. The fourth-order valence-corrected chi connectivity index (χ4v) is 2.03. The van der Waals surface area contributed by atoms with Crippen LogP contribution in [0.1, 0.15) is 19.8 Å². The molecule has 0 atom stereocenters. The first-order valence-electron chi connectivity index (χ1n) is 5.78. The molecule has 1 amide bonds. The molecular formula is C10H18N4O4S. The minimum atomic E-state index is -3.92. The SMILES string of the molecule is CCCOCCC(=O)Nc1nn(C)cc1S(N)(=O)=O. The van der Waals surface area contributed by atoms with Crippen LogP contribution in [0, 0.1) is 0 Å². The molecule has 0 aromatic carbocycles. The van der Waals surface area contributed by atoms with Crippen molar-refractivity contribution in [1.82, 2.24) is 9.78 Å². The highest BCUT2D eigenvalue weighted by Gasteiger charge is 2.19. The van der Waals surface area contributed by atoms with Crippen LogP contribution >= 0.6 is 0 Å². The average Bonchev–Trinajstić information content (AvgIpc) is 2.65. The summed E-state index contributed by atoms with van der Waals surface area (Å²) in [5, 5.41) is 11.3. The van der Waals surface area contributed by atoms with E-state index < -0.39 is 10.0 Å². The summed E-state index contributed by atoms with van der Waals surface area (Å²) in [5.74, 6) is -0.440. The monoisotopic (exact) mass is 290 g/mol. The minimum Gasteiger partial charge on any atom is -0.381 e. The Morgan fingerprint density at radius 1 is 1.53 bits per heavy atom. The van der Waals surface area contributed by atoms with Crippen molar-refractivity contribution in [3.8, 4) is 0 Å². The van der Waals surface area contributed by atoms with Gasteiger partial charge in [0.15, 0.2) is 5.82 Å². The smallest absolute Gasteiger partial charge is 0.243 e. The average molecular weight is 290 g/mol.